The van der Waals surface area contributed by atoms with Crippen molar-refractivity contribution in [2.45, 2.75) is 26.3 Å². The third-order valence-corrected chi connectivity index (χ3v) is 4.89. The van der Waals surface area contributed by atoms with Crippen molar-refractivity contribution in [3.05, 3.63) is 35.3 Å². The highest BCUT2D eigenvalue weighted by atomic mass is 32.2. The number of unbranched alkanes of at least 4 members (excludes halogenated alkanes) is 1. The lowest BCUT2D eigenvalue weighted by molar-refractivity contribution is -0.669. The van der Waals surface area contributed by atoms with Gasteiger partial charge in [-0.05, 0) is 19.4 Å². The number of aromatic nitrogens is 1. The van der Waals surface area contributed by atoms with E-state index in [-0.39, 0.29) is 5.75 Å². The van der Waals surface area contributed by atoms with Gasteiger partial charge in [0.15, 0.2) is 6.54 Å². The quantitative estimate of drug-likeness (QED) is 0.468. The molecule has 1 heterocycles. The van der Waals surface area contributed by atoms with Crippen LogP contribution >= 0.6 is 11.3 Å². The molecule has 20 heavy (non-hydrogen) atoms. The highest BCUT2D eigenvalue weighted by Gasteiger charge is 2.17. The van der Waals surface area contributed by atoms with Crippen LogP contribution in [0.2, 0.25) is 0 Å². The molecule has 0 radical (unpaired) electrons. The van der Waals surface area contributed by atoms with Gasteiger partial charge in [0.1, 0.15) is 4.70 Å². The highest BCUT2D eigenvalue weighted by molar-refractivity contribution is 7.85. The molecule has 4 nitrogen and oxygen atoms in total. The van der Waals surface area contributed by atoms with E-state index < -0.39 is 10.1 Å². The smallest absolute Gasteiger partial charge is 0.262 e. The minimum absolute atomic E-state index is 0.283. The molecule has 1 aromatic heterocycles. The molecule has 0 aliphatic heterocycles. The van der Waals surface area contributed by atoms with E-state index in [0.29, 0.717) is 12.8 Å². The first-order valence-corrected chi connectivity index (χ1v) is 8.88. The van der Waals surface area contributed by atoms with E-state index >= 15 is 0 Å². The number of rotatable bonds is 6. The van der Waals surface area contributed by atoms with Crippen molar-refractivity contribution in [3.8, 4) is 0 Å². The van der Waals surface area contributed by atoms with Crippen molar-refractivity contribution >= 4 is 37.7 Å². The maximum absolute atomic E-state index is 10.6. The van der Waals surface area contributed by atoms with Gasteiger partial charge >= 0.3 is 0 Å². The number of benzene rings is 1. The average molecular weight is 311 g/mol. The molecule has 0 bridgehead atoms. The Morgan fingerprint density at radius 1 is 1.30 bits per heavy atom. The molecule has 1 aromatic carbocycles. The summed E-state index contributed by atoms with van der Waals surface area (Å²) in [6, 6.07) is 8.13. The second-order valence-corrected chi connectivity index (χ2v) is 7.11. The molecular formula is C14H17NO3S2. The van der Waals surface area contributed by atoms with E-state index in [0.717, 1.165) is 17.1 Å². The molecule has 0 saturated carbocycles. The van der Waals surface area contributed by atoms with Gasteiger partial charge in [-0.1, -0.05) is 29.5 Å². The molecule has 0 fully saturated rings. The summed E-state index contributed by atoms with van der Waals surface area (Å²) >= 11 is 1.71. The maximum atomic E-state index is 10.6. The van der Waals surface area contributed by atoms with E-state index in [1.807, 2.05) is 25.1 Å². The average Bonchev–Trinajstić information content (AvgIpc) is 2.72. The first-order valence-electron chi connectivity index (χ1n) is 6.49. The van der Waals surface area contributed by atoms with E-state index in [1.165, 1.54) is 4.70 Å². The fourth-order valence-electron chi connectivity index (χ4n) is 2.10. The molecular weight excluding hydrogens is 294 g/mol. The van der Waals surface area contributed by atoms with Crippen LogP contribution in [0.4, 0.5) is 0 Å². The lowest BCUT2D eigenvalue weighted by atomic mass is 10.3. The summed E-state index contributed by atoms with van der Waals surface area (Å²) in [7, 11) is -4.10. The highest BCUT2D eigenvalue weighted by Crippen LogP contribution is 2.21. The molecule has 0 amide bonds. The SMILES string of the molecule is C/C=C/c1sc2ccccc2[n+]1CCCCS(=O)(=O)[O-]. The van der Waals surface area contributed by atoms with Gasteiger partial charge in [-0.25, -0.2) is 8.42 Å². The summed E-state index contributed by atoms with van der Waals surface area (Å²) in [5, 5.41) is 1.14. The molecule has 0 saturated heterocycles. The van der Waals surface area contributed by atoms with Gasteiger partial charge in [0.25, 0.3) is 5.01 Å². The van der Waals surface area contributed by atoms with Crippen LogP contribution in [-0.4, -0.2) is 18.7 Å². The minimum Gasteiger partial charge on any atom is -0.748 e. The van der Waals surface area contributed by atoms with Gasteiger partial charge < -0.3 is 4.55 Å². The van der Waals surface area contributed by atoms with E-state index in [1.54, 1.807) is 11.3 Å². The molecule has 2 aromatic rings. The number of para-hydroxylation sites is 1. The molecule has 0 aliphatic carbocycles. The third kappa shape index (κ3) is 3.88. The Balaban J connectivity index is 2.17. The predicted octanol–water partition coefficient (Wildman–Crippen LogP) is 2.55. The minimum atomic E-state index is -4.10. The predicted molar refractivity (Wildman–Crippen MR) is 80.5 cm³/mol. The van der Waals surface area contributed by atoms with Crippen LogP contribution in [-0.2, 0) is 16.7 Å². The zero-order valence-corrected chi connectivity index (χ0v) is 12.9. The van der Waals surface area contributed by atoms with Gasteiger partial charge in [0, 0.05) is 24.3 Å². The Morgan fingerprint density at radius 3 is 2.75 bits per heavy atom. The summed E-state index contributed by atoms with van der Waals surface area (Å²) in [6.45, 7) is 2.69. The largest absolute Gasteiger partial charge is 0.748 e. The number of nitrogens with zero attached hydrogens (tertiary/aromatic N) is 1. The van der Waals surface area contributed by atoms with Crippen LogP contribution < -0.4 is 4.57 Å². The molecule has 108 valence electrons. The fraction of sp³-hybridized carbons (Fsp3) is 0.357. The van der Waals surface area contributed by atoms with Gasteiger partial charge in [-0.2, -0.15) is 4.57 Å². The first kappa shape index (κ1) is 15.2. The van der Waals surface area contributed by atoms with Crippen LogP contribution in [0.15, 0.2) is 30.3 Å². The normalized spacial score (nSPS) is 12.5. The molecule has 0 spiro atoms. The Kier molecular flexibility index (Phi) is 4.91. The molecule has 0 unspecified atom stereocenters. The summed E-state index contributed by atoms with van der Waals surface area (Å²) < 4.78 is 35.2. The fourth-order valence-corrected chi connectivity index (χ4v) is 3.82. The second kappa shape index (κ2) is 6.47. The molecule has 6 heteroatoms. The summed E-state index contributed by atoms with van der Waals surface area (Å²) in [5.41, 5.74) is 1.15. The van der Waals surface area contributed by atoms with E-state index in [2.05, 4.69) is 22.8 Å². The monoisotopic (exact) mass is 311 g/mol. The summed E-state index contributed by atoms with van der Waals surface area (Å²) in [6.07, 6.45) is 5.12. The van der Waals surface area contributed by atoms with Crippen LogP contribution in [0.5, 0.6) is 0 Å². The van der Waals surface area contributed by atoms with Gasteiger partial charge in [-0.3, -0.25) is 0 Å². The molecule has 0 atom stereocenters. The number of hydrogen-bond acceptors (Lipinski definition) is 4. The van der Waals surface area contributed by atoms with Crippen molar-refractivity contribution in [3.63, 3.8) is 0 Å². The van der Waals surface area contributed by atoms with Crippen molar-refractivity contribution < 1.29 is 17.5 Å². The van der Waals surface area contributed by atoms with Crippen LogP contribution in [0.25, 0.3) is 16.3 Å². The van der Waals surface area contributed by atoms with Crippen molar-refractivity contribution in [2.24, 2.45) is 0 Å². The standard InChI is InChI=1S/C14H17NO3S2/c1-2-7-14-15(10-5-6-11-20(16,17)18)12-8-3-4-9-13(12)19-14/h2-4,7-9H,5-6,10-11H2,1H3/b7-2+. The maximum Gasteiger partial charge on any atom is 0.262 e. The Hall–Kier alpha value is -1.24. The first-order chi connectivity index (χ1) is 9.51. The summed E-state index contributed by atoms with van der Waals surface area (Å²) in [4.78, 5) is 0. The molecule has 0 aliphatic rings. The zero-order valence-electron chi connectivity index (χ0n) is 11.3. The van der Waals surface area contributed by atoms with Crippen molar-refractivity contribution in [1.29, 1.82) is 0 Å². The van der Waals surface area contributed by atoms with Crippen LogP contribution in [0.1, 0.15) is 24.8 Å². The lowest BCUT2D eigenvalue weighted by Crippen LogP contribution is -2.35. The summed E-state index contributed by atoms with van der Waals surface area (Å²) in [5.74, 6) is -0.283. The topological polar surface area (TPSA) is 61.1 Å². The Morgan fingerprint density at radius 2 is 2.05 bits per heavy atom. The number of fused-ring (bicyclic) bond motifs is 1. The molecule has 2 rings (SSSR count). The van der Waals surface area contributed by atoms with Gasteiger partial charge in [0.05, 0.1) is 10.1 Å². The van der Waals surface area contributed by atoms with Gasteiger partial charge in [0.2, 0.25) is 5.52 Å². The number of allylic oxidation sites excluding steroid dienone is 1. The van der Waals surface area contributed by atoms with Gasteiger partial charge in [-0.15, -0.1) is 0 Å². The number of hydrogen-bond donors (Lipinski definition) is 0. The van der Waals surface area contributed by atoms with E-state index in [4.69, 9.17) is 0 Å². The zero-order chi connectivity index (χ0) is 14.6. The third-order valence-electron chi connectivity index (χ3n) is 2.97. The van der Waals surface area contributed by atoms with E-state index in [9.17, 15) is 13.0 Å². The Labute approximate surface area is 123 Å². The van der Waals surface area contributed by atoms with Crippen LogP contribution in [0, 0.1) is 0 Å². The van der Waals surface area contributed by atoms with Crippen molar-refractivity contribution in [2.75, 3.05) is 5.75 Å². The van der Waals surface area contributed by atoms with Crippen LogP contribution in [0.3, 0.4) is 0 Å². The second-order valence-electron chi connectivity index (χ2n) is 4.53. The number of aryl methyl sites for hydroxylation is 1. The Bertz CT molecular complexity index is 717. The van der Waals surface area contributed by atoms with Crippen molar-refractivity contribution in [1.82, 2.24) is 0 Å². The molecule has 0 N–H and O–H groups in total. The lowest BCUT2D eigenvalue weighted by Gasteiger charge is -2.04. The number of thiazole rings is 1.